The van der Waals surface area contributed by atoms with Gasteiger partial charge in [0.2, 0.25) is 5.91 Å². The standard InChI is InChI=1S/C18H25N5OS/c1-3-22-5-4-16-15(12-22)10-14(11-19)18(20-16)25-13-17(24)23-8-6-21(2)7-9-23/h10H,3-9,12-13H2,1-2H3. The van der Waals surface area contributed by atoms with E-state index < -0.39 is 0 Å². The molecule has 2 aliphatic heterocycles. The van der Waals surface area contributed by atoms with Crippen molar-refractivity contribution in [2.45, 2.75) is 24.9 Å². The number of amides is 1. The third-order valence-electron chi connectivity index (χ3n) is 4.97. The molecule has 0 atom stereocenters. The van der Waals surface area contributed by atoms with Crippen LogP contribution < -0.4 is 0 Å². The van der Waals surface area contributed by atoms with Crippen LogP contribution in [-0.2, 0) is 17.8 Å². The lowest BCUT2D eigenvalue weighted by molar-refractivity contribution is -0.129. The van der Waals surface area contributed by atoms with Crippen molar-refractivity contribution in [3.8, 4) is 6.07 Å². The fraction of sp³-hybridized carbons (Fsp3) is 0.611. The lowest BCUT2D eigenvalue weighted by atomic mass is 10.0. The van der Waals surface area contributed by atoms with E-state index in [0.29, 0.717) is 16.3 Å². The molecule has 0 bridgehead atoms. The summed E-state index contributed by atoms with van der Waals surface area (Å²) >= 11 is 1.40. The monoisotopic (exact) mass is 359 g/mol. The Labute approximate surface area is 153 Å². The molecule has 0 aromatic carbocycles. The number of rotatable bonds is 4. The van der Waals surface area contributed by atoms with Crippen LogP contribution in [0.2, 0.25) is 0 Å². The van der Waals surface area contributed by atoms with Gasteiger partial charge in [-0.3, -0.25) is 9.69 Å². The summed E-state index contributed by atoms with van der Waals surface area (Å²) in [5, 5.41) is 10.2. The SMILES string of the molecule is CCN1CCc2nc(SCC(=O)N3CCN(C)CC3)c(C#N)cc2C1. The van der Waals surface area contributed by atoms with Crippen LogP contribution in [0.5, 0.6) is 0 Å². The van der Waals surface area contributed by atoms with Gasteiger partial charge in [0.05, 0.1) is 11.3 Å². The Morgan fingerprint density at radius 1 is 1.32 bits per heavy atom. The number of aromatic nitrogens is 1. The molecule has 3 rings (SSSR count). The minimum absolute atomic E-state index is 0.138. The summed E-state index contributed by atoms with van der Waals surface area (Å²) in [6.45, 7) is 8.44. The van der Waals surface area contributed by atoms with Gasteiger partial charge in [-0.25, -0.2) is 4.98 Å². The zero-order valence-corrected chi connectivity index (χ0v) is 15.8. The van der Waals surface area contributed by atoms with Gasteiger partial charge < -0.3 is 9.80 Å². The Morgan fingerprint density at radius 3 is 2.76 bits per heavy atom. The molecule has 1 aromatic rings. The van der Waals surface area contributed by atoms with E-state index in [1.807, 2.05) is 11.0 Å². The first-order chi connectivity index (χ1) is 12.1. The Kier molecular flexibility index (Phi) is 5.94. The molecule has 1 saturated heterocycles. The molecule has 1 amide bonds. The van der Waals surface area contributed by atoms with Gasteiger partial charge >= 0.3 is 0 Å². The van der Waals surface area contributed by atoms with Crippen LogP contribution in [-0.4, -0.2) is 77.7 Å². The van der Waals surface area contributed by atoms with Crippen LogP contribution in [0, 0.1) is 11.3 Å². The second kappa shape index (κ2) is 8.17. The lowest BCUT2D eigenvalue weighted by Gasteiger charge is -2.32. The molecule has 25 heavy (non-hydrogen) atoms. The second-order valence-corrected chi connectivity index (χ2v) is 7.61. The quantitative estimate of drug-likeness (QED) is 0.753. The van der Waals surface area contributed by atoms with Gasteiger partial charge in [-0.1, -0.05) is 18.7 Å². The van der Waals surface area contributed by atoms with Crippen molar-refractivity contribution in [3.63, 3.8) is 0 Å². The first-order valence-electron chi connectivity index (χ1n) is 8.85. The van der Waals surface area contributed by atoms with Crippen molar-refractivity contribution >= 4 is 17.7 Å². The molecule has 0 radical (unpaired) electrons. The number of piperazine rings is 1. The van der Waals surface area contributed by atoms with Crippen LogP contribution in [0.25, 0.3) is 0 Å². The average Bonchev–Trinajstić information content (AvgIpc) is 2.65. The topological polar surface area (TPSA) is 63.5 Å². The third-order valence-corrected chi connectivity index (χ3v) is 5.95. The predicted octanol–water partition coefficient (Wildman–Crippen LogP) is 1.20. The first-order valence-corrected chi connectivity index (χ1v) is 9.83. The van der Waals surface area contributed by atoms with Crippen LogP contribution in [0.3, 0.4) is 0 Å². The number of nitrogens with zero attached hydrogens (tertiary/aromatic N) is 5. The Hall–Kier alpha value is -1.62. The number of carbonyl (C=O) groups excluding carboxylic acids is 1. The summed E-state index contributed by atoms with van der Waals surface area (Å²) in [7, 11) is 2.08. The van der Waals surface area contributed by atoms with Crippen molar-refractivity contribution in [2.75, 3.05) is 52.1 Å². The Bertz CT molecular complexity index is 679. The highest BCUT2D eigenvalue weighted by molar-refractivity contribution is 7.99. The fourth-order valence-corrected chi connectivity index (χ4v) is 4.13. The van der Waals surface area contributed by atoms with E-state index in [1.165, 1.54) is 11.8 Å². The highest BCUT2D eigenvalue weighted by Gasteiger charge is 2.22. The van der Waals surface area contributed by atoms with Crippen molar-refractivity contribution in [1.82, 2.24) is 19.7 Å². The second-order valence-electron chi connectivity index (χ2n) is 6.65. The van der Waals surface area contributed by atoms with E-state index >= 15 is 0 Å². The number of fused-ring (bicyclic) bond motifs is 1. The molecular weight excluding hydrogens is 334 g/mol. The maximum Gasteiger partial charge on any atom is 0.233 e. The number of pyridine rings is 1. The summed E-state index contributed by atoms with van der Waals surface area (Å²) < 4.78 is 0. The van der Waals surface area contributed by atoms with Gasteiger partial charge in [0.15, 0.2) is 0 Å². The Morgan fingerprint density at radius 2 is 2.08 bits per heavy atom. The number of likely N-dealkylation sites (N-methyl/N-ethyl adjacent to an activating group) is 2. The molecule has 0 unspecified atom stereocenters. The first kappa shape index (κ1) is 18.2. The lowest BCUT2D eigenvalue weighted by Crippen LogP contribution is -2.47. The zero-order chi connectivity index (χ0) is 17.8. The molecule has 134 valence electrons. The third kappa shape index (κ3) is 4.32. The number of thioether (sulfide) groups is 1. The van der Waals surface area contributed by atoms with Gasteiger partial charge in [-0.15, -0.1) is 0 Å². The molecule has 0 aliphatic carbocycles. The smallest absolute Gasteiger partial charge is 0.233 e. The number of hydrogen-bond donors (Lipinski definition) is 0. The highest BCUT2D eigenvalue weighted by atomic mass is 32.2. The van der Waals surface area contributed by atoms with Crippen LogP contribution in [0.4, 0.5) is 0 Å². The molecular formula is C18H25N5OS. The van der Waals surface area contributed by atoms with E-state index in [9.17, 15) is 10.1 Å². The van der Waals surface area contributed by atoms with E-state index in [1.54, 1.807) is 0 Å². The fourth-order valence-electron chi connectivity index (χ4n) is 3.25. The summed E-state index contributed by atoms with van der Waals surface area (Å²) in [6, 6.07) is 4.22. The van der Waals surface area contributed by atoms with E-state index in [-0.39, 0.29) is 5.91 Å². The van der Waals surface area contributed by atoms with Gasteiger partial charge in [-0.05, 0) is 25.2 Å². The maximum atomic E-state index is 12.4. The number of nitriles is 1. The van der Waals surface area contributed by atoms with Gasteiger partial charge in [-0.2, -0.15) is 5.26 Å². The van der Waals surface area contributed by atoms with Crippen LogP contribution in [0.15, 0.2) is 11.1 Å². The molecule has 6 nitrogen and oxygen atoms in total. The minimum atomic E-state index is 0.138. The molecule has 0 spiro atoms. The van der Waals surface area contributed by atoms with Crippen LogP contribution >= 0.6 is 11.8 Å². The minimum Gasteiger partial charge on any atom is -0.339 e. The number of hydrogen-bond acceptors (Lipinski definition) is 6. The summed E-state index contributed by atoms with van der Waals surface area (Å²) in [5.41, 5.74) is 2.82. The maximum absolute atomic E-state index is 12.4. The summed E-state index contributed by atoms with van der Waals surface area (Å²) in [4.78, 5) is 23.6. The van der Waals surface area contributed by atoms with E-state index in [0.717, 1.165) is 63.5 Å². The number of carbonyl (C=O) groups is 1. The predicted molar refractivity (Wildman–Crippen MR) is 98.4 cm³/mol. The highest BCUT2D eigenvalue weighted by Crippen LogP contribution is 2.26. The van der Waals surface area contributed by atoms with Crippen molar-refractivity contribution < 1.29 is 4.79 Å². The van der Waals surface area contributed by atoms with Gasteiger partial charge in [0.1, 0.15) is 11.1 Å². The van der Waals surface area contributed by atoms with Crippen molar-refractivity contribution in [1.29, 1.82) is 5.26 Å². The van der Waals surface area contributed by atoms with Crippen LogP contribution in [0.1, 0.15) is 23.7 Å². The van der Waals surface area contributed by atoms with Gasteiger partial charge in [0, 0.05) is 51.4 Å². The molecule has 7 heteroatoms. The zero-order valence-electron chi connectivity index (χ0n) is 15.0. The molecule has 1 fully saturated rings. The largest absolute Gasteiger partial charge is 0.339 e. The van der Waals surface area contributed by atoms with Crippen molar-refractivity contribution in [3.05, 3.63) is 22.9 Å². The normalized spacial score (nSPS) is 18.7. The molecule has 3 heterocycles. The van der Waals surface area contributed by atoms with Gasteiger partial charge in [0.25, 0.3) is 0 Å². The van der Waals surface area contributed by atoms with Crippen molar-refractivity contribution in [2.24, 2.45) is 0 Å². The summed E-state index contributed by atoms with van der Waals surface area (Å²) in [6.07, 6.45) is 0.912. The average molecular weight is 359 g/mol. The molecule has 0 saturated carbocycles. The molecule has 2 aliphatic rings. The summed E-state index contributed by atoms with van der Waals surface area (Å²) in [5.74, 6) is 0.490. The Balaban J connectivity index is 1.66. The molecule has 0 N–H and O–H groups in total. The molecule has 1 aromatic heterocycles. The van der Waals surface area contributed by atoms with E-state index in [4.69, 9.17) is 4.98 Å². The van der Waals surface area contributed by atoms with E-state index in [2.05, 4.69) is 29.8 Å².